The highest BCUT2D eigenvalue weighted by atomic mass is 127. The van der Waals surface area contributed by atoms with Gasteiger partial charge >= 0.3 is 5.97 Å². The number of hydrogen-bond donors (Lipinski definition) is 2. The van der Waals surface area contributed by atoms with Gasteiger partial charge in [0.25, 0.3) is 0 Å². The summed E-state index contributed by atoms with van der Waals surface area (Å²) in [5, 5.41) is 15.6. The van der Waals surface area contributed by atoms with Crippen molar-refractivity contribution in [3.05, 3.63) is 56.4 Å². The van der Waals surface area contributed by atoms with E-state index < -0.39 is 55.4 Å². The quantitative estimate of drug-likeness (QED) is 0.157. The average Bonchev–Trinajstić information content (AvgIpc) is 2.69. The molecule has 0 fully saturated rings. The Morgan fingerprint density at radius 1 is 1.24 bits per heavy atom. The lowest BCUT2D eigenvalue weighted by Crippen LogP contribution is -2.34. The highest BCUT2D eigenvalue weighted by molar-refractivity contribution is 14.1. The normalized spacial score (nSPS) is 12.9. The van der Waals surface area contributed by atoms with Crippen LogP contribution in [-0.4, -0.2) is 39.0 Å². The van der Waals surface area contributed by atoms with E-state index in [0.717, 1.165) is 12.3 Å². The molecule has 2 rings (SSSR count). The van der Waals surface area contributed by atoms with Crippen LogP contribution >= 0.6 is 22.6 Å². The maximum atomic E-state index is 14.8. The summed E-state index contributed by atoms with van der Waals surface area (Å²) in [7, 11) is -0.969. The van der Waals surface area contributed by atoms with E-state index in [0.29, 0.717) is 3.57 Å². The summed E-state index contributed by atoms with van der Waals surface area (Å²) in [5.41, 5.74) is -2.26. The zero-order valence-corrected chi connectivity index (χ0v) is 22.0. The standard InChI is InChI=1S/C22H25F3IN2O4Si/c1-22(2,3)17(11-31-33(4)5)32-27-10-12-8-14(21(29)30)20(19(25)18(12)24)28-16-7-6-13(26)9-15(16)23/h6-10,17,28H,11H2,1-5H3,(H,29,30). The van der Waals surface area contributed by atoms with E-state index >= 15 is 0 Å². The van der Waals surface area contributed by atoms with Crippen molar-refractivity contribution in [2.45, 2.75) is 40.0 Å². The van der Waals surface area contributed by atoms with Crippen LogP contribution in [0.15, 0.2) is 29.4 Å². The number of halogens is 4. The number of hydrogen-bond acceptors (Lipinski definition) is 5. The molecule has 1 radical (unpaired) electrons. The van der Waals surface area contributed by atoms with E-state index in [-0.39, 0.29) is 17.7 Å². The first-order chi connectivity index (χ1) is 15.3. The minimum Gasteiger partial charge on any atom is -0.478 e. The third-order valence-electron chi connectivity index (χ3n) is 4.53. The molecule has 2 aromatic rings. The fourth-order valence-electron chi connectivity index (χ4n) is 2.60. The number of nitrogens with one attached hydrogen (secondary N) is 1. The van der Waals surface area contributed by atoms with Gasteiger partial charge in [-0.05, 0) is 60.0 Å². The summed E-state index contributed by atoms with van der Waals surface area (Å²) in [4.78, 5) is 17.2. The first-order valence-corrected chi connectivity index (χ1v) is 13.4. The van der Waals surface area contributed by atoms with Gasteiger partial charge in [0.15, 0.2) is 17.7 Å². The molecule has 1 unspecified atom stereocenters. The number of aromatic carboxylic acids is 1. The number of carboxylic acid groups (broad SMARTS) is 1. The Labute approximate surface area is 206 Å². The van der Waals surface area contributed by atoms with Crippen LogP contribution in [-0.2, 0) is 9.26 Å². The molecule has 1 atom stereocenters. The van der Waals surface area contributed by atoms with Crippen LogP contribution in [0.1, 0.15) is 36.7 Å². The number of nitrogens with zero attached hydrogens (tertiary/aromatic N) is 1. The van der Waals surface area contributed by atoms with Crippen molar-refractivity contribution in [3.8, 4) is 0 Å². The van der Waals surface area contributed by atoms with Crippen LogP contribution < -0.4 is 5.32 Å². The summed E-state index contributed by atoms with van der Waals surface area (Å²) >= 11 is 1.89. The van der Waals surface area contributed by atoms with Crippen LogP contribution in [0.2, 0.25) is 13.1 Å². The van der Waals surface area contributed by atoms with Crippen molar-refractivity contribution in [3.63, 3.8) is 0 Å². The van der Waals surface area contributed by atoms with Gasteiger partial charge in [-0.2, -0.15) is 0 Å². The van der Waals surface area contributed by atoms with Crippen LogP contribution in [0, 0.1) is 26.4 Å². The lowest BCUT2D eigenvalue weighted by Gasteiger charge is -2.28. The van der Waals surface area contributed by atoms with Gasteiger partial charge in [-0.25, -0.2) is 18.0 Å². The van der Waals surface area contributed by atoms with Gasteiger partial charge in [0.2, 0.25) is 9.04 Å². The number of carboxylic acids is 1. The molecule has 0 bridgehead atoms. The molecule has 0 spiro atoms. The number of oxime groups is 1. The molecule has 179 valence electrons. The summed E-state index contributed by atoms with van der Waals surface area (Å²) in [6.45, 7) is 9.96. The maximum absolute atomic E-state index is 14.8. The summed E-state index contributed by atoms with van der Waals surface area (Å²) in [5.74, 6) is -5.10. The minimum absolute atomic E-state index is 0.193. The summed E-state index contributed by atoms with van der Waals surface area (Å²) in [6, 6.07) is 4.92. The van der Waals surface area contributed by atoms with Crippen molar-refractivity contribution < 1.29 is 32.3 Å². The third kappa shape index (κ3) is 7.44. The number of carbonyl (C=O) groups is 1. The van der Waals surface area contributed by atoms with Gasteiger partial charge in [0, 0.05) is 14.5 Å². The van der Waals surface area contributed by atoms with Crippen molar-refractivity contribution >= 4 is 55.2 Å². The van der Waals surface area contributed by atoms with Crippen molar-refractivity contribution in [1.29, 1.82) is 0 Å². The largest absolute Gasteiger partial charge is 0.478 e. The maximum Gasteiger partial charge on any atom is 0.337 e. The lowest BCUT2D eigenvalue weighted by atomic mass is 9.90. The molecule has 11 heteroatoms. The van der Waals surface area contributed by atoms with E-state index in [9.17, 15) is 23.1 Å². The zero-order chi connectivity index (χ0) is 24.9. The molecule has 0 aliphatic rings. The monoisotopic (exact) mass is 593 g/mol. The molecule has 0 amide bonds. The van der Waals surface area contributed by atoms with Gasteiger partial charge < -0.3 is 19.7 Å². The van der Waals surface area contributed by atoms with Crippen molar-refractivity contribution in [2.24, 2.45) is 10.6 Å². The van der Waals surface area contributed by atoms with Crippen LogP contribution in [0.5, 0.6) is 0 Å². The molecule has 6 nitrogen and oxygen atoms in total. The molecule has 0 aromatic heterocycles. The topological polar surface area (TPSA) is 80.2 Å². The predicted molar refractivity (Wildman–Crippen MR) is 131 cm³/mol. The summed E-state index contributed by atoms with van der Waals surface area (Å²) < 4.78 is 49.9. The zero-order valence-electron chi connectivity index (χ0n) is 18.8. The van der Waals surface area contributed by atoms with E-state index in [4.69, 9.17) is 9.26 Å². The average molecular weight is 593 g/mol. The first-order valence-electron chi connectivity index (χ1n) is 9.90. The molecule has 0 saturated carbocycles. The smallest absolute Gasteiger partial charge is 0.337 e. The number of rotatable bonds is 9. The number of benzene rings is 2. The Morgan fingerprint density at radius 3 is 2.45 bits per heavy atom. The van der Waals surface area contributed by atoms with E-state index in [1.54, 1.807) is 0 Å². The molecule has 2 aromatic carbocycles. The van der Waals surface area contributed by atoms with Gasteiger partial charge in [-0.3, -0.25) is 0 Å². The Kier molecular flexibility index (Phi) is 9.32. The van der Waals surface area contributed by atoms with Crippen molar-refractivity contribution in [1.82, 2.24) is 0 Å². The number of anilines is 2. The predicted octanol–water partition coefficient (Wildman–Crippen LogP) is 6.18. The Bertz CT molecular complexity index is 1050. The molecule has 33 heavy (non-hydrogen) atoms. The molecule has 0 saturated heterocycles. The van der Waals surface area contributed by atoms with Crippen LogP contribution in [0.4, 0.5) is 24.5 Å². The van der Waals surface area contributed by atoms with E-state index in [1.165, 1.54) is 18.2 Å². The van der Waals surface area contributed by atoms with Gasteiger partial charge in [0.1, 0.15) is 5.82 Å². The third-order valence-corrected chi connectivity index (χ3v) is 5.94. The van der Waals surface area contributed by atoms with Gasteiger partial charge in [-0.1, -0.05) is 25.9 Å². The second-order valence-electron chi connectivity index (χ2n) is 8.48. The Balaban J connectivity index is 2.36. The second kappa shape index (κ2) is 11.3. The lowest BCUT2D eigenvalue weighted by molar-refractivity contribution is -0.0412. The Hall–Kier alpha value is -2.12. The Morgan fingerprint density at radius 2 is 1.91 bits per heavy atom. The molecule has 2 N–H and O–H groups in total. The second-order valence-corrected chi connectivity index (χ2v) is 11.8. The van der Waals surface area contributed by atoms with E-state index in [1.807, 2.05) is 56.5 Å². The highest BCUT2D eigenvalue weighted by Gasteiger charge is 2.28. The SMILES string of the molecule is C[Si](C)OCC(ON=Cc1cc(C(=O)O)c(Nc2ccc(I)cc2F)c(F)c1F)C(C)(C)C. The minimum atomic E-state index is -1.53. The summed E-state index contributed by atoms with van der Waals surface area (Å²) in [6.07, 6.45) is 0.438. The van der Waals surface area contributed by atoms with Gasteiger partial charge in [-0.15, -0.1) is 0 Å². The highest BCUT2D eigenvalue weighted by Crippen LogP contribution is 2.30. The fraction of sp³-hybridized carbons (Fsp3) is 0.364. The van der Waals surface area contributed by atoms with Crippen LogP contribution in [0.25, 0.3) is 0 Å². The first kappa shape index (κ1) is 27.1. The molecule has 0 aliphatic heterocycles. The van der Waals surface area contributed by atoms with Crippen molar-refractivity contribution in [2.75, 3.05) is 11.9 Å². The molecular weight excluding hydrogens is 568 g/mol. The molecule has 0 aliphatic carbocycles. The van der Waals surface area contributed by atoms with E-state index in [2.05, 4.69) is 10.5 Å². The molecule has 0 heterocycles. The molecular formula is C22H25F3IN2O4Si. The van der Waals surface area contributed by atoms with Gasteiger partial charge in [0.05, 0.1) is 29.8 Å². The van der Waals surface area contributed by atoms with Crippen LogP contribution in [0.3, 0.4) is 0 Å². The fourth-order valence-corrected chi connectivity index (χ4v) is 3.54.